The van der Waals surface area contributed by atoms with Crippen molar-refractivity contribution in [1.29, 1.82) is 0 Å². The number of amides is 1. The third-order valence-electron chi connectivity index (χ3n) is 3.01. The van der Waals surface area contributed by atoms with Gasteiger partial charge in [-0.15, -0.1) is 0 Å². The Morgan fingerprint density at radius 3 is 2.30 bits per heavy atom. The molecule has 0 bridgehead atoms. The molecule has 1 aromatic rings. The monoisotopic (exact) mass is 279 g/mol. The zero-order chi connectivity index (χ0) is 15.2. The molecular formula is C15H25N3O2. The zero-order valence-electron chi connectivity index (χ0n) is 12.5. The molecule has 0 aliphatic rings. The molecule has 0 radical (unpaired) electrons. The fourth-order valence-electron chi connectivity index (χ4n) is 2.08. The molecule has 1 rings (SSSR count). The Kier molecular flexibility index (Phi) is 6.13. The molecule has 0 aliphatic carbocycles. The second-order valence-corrected chi connectivity index (χ2v) is 5.68. The number of nitrogens with two attached hydrogens (primary N) is 1. The first-order valence-corrected chi connectivity index (χ1v) is 6.86. The van der Waals surface area contributed by atoms with Crippen molar-refractivity contribution >= 4 is 5.91 Å². The highest BCUT2D eigenvalue weighted by Crippen LogP contribution is 2.11. The minimum Gasteiger partial charge on any atom is -0.389 e. The molecule has 0 spiro atoms. The van der Waals surface area contributed by atoms with Crippen molar-refractivity contribution in [2.24, 2.45) is 5.84 Å². The lowest BCUT2D eigenvalue weighted by molar-refractivity contribution is -0.120. The second kappa shape index (κ2) is 7.38. The van der Waals surface area contributed by atoms with Crippen molar-refractivity contribution in [2.45, 2.75) is 39.3 Å². The molecule has 0 aliphatic heterocycles. The van der Waals surface area contributed by atoms with Gasteiger partial charge in [-0.25, -0.2) is 5.84 Å². The van der Waals surface area contributed by atoms with Crippen LogP contribution in [-0.2, 0) is 17.8 Å². The van der Waals surface area contributed by atoms with Crippen molar-refractivity contribution in [3.63, 3.8) is 0 Å². The number of carbonyl (C=O) groups is 1. The number of benzene rings is 1. The van der Waals surface area contributed by atoms with Gasteiger partial charge in [-0.3, -0.25) is 15.1 Å². The minimum absolute atomic E-state index is 0.199. The summed E-state index contributed by atoms with van der Waals surface area (Å²) >= 11 is 0. The number of nitrogens with one attached hydrogen (secondary N) is 1. The van der Waals surface area contributed by atoms with Crippen molar-refractivity contribution in [2.75, 3.05) is 13.1 Å². The first-order valence-electron chi connectivity index (χ1n) is 6.86. The molecule has 0 fully saturated rings. The minimum atomic E-state index is -0.699. The van der Waals surface area contributed by atoms with Gasteiger partial charge in [0.05, 0.1) is 12.0 Å². The Labute approximate surface area is 120 Å². The van der Waals surface area contributed by atoms with Gasteiger partial charge in [-0.05, 0) is 31.5 Å². The first kappa shape index (κ1) is 16.6. The van der Waals surface area contributed by atoms with Crippen LogP contribution in [0.4, 0.5) is 0 Å². The van der Waals surface area contributed by atoms with Crippen LogP contribution in [0.15, 0.2) is 24.3 Å². The Balaban J connectivity index is 2.61. The maximum absolute atomic E-state index is 11.2. The van der Waals surface area contributed by atoms with E-state index in [9.17, 15) is 9.90 Å². The van der Waals surface area contributed by atoms with Gasteiger partial charge in [0.1, 0.15) is 0 Å². The summed E-state index contributed by atoms with van der Waals surface area (Å²) in [4.78, 5) is 13.4. The molecule has 0 heterocycles. The lowest BCUT2D eigenvalue weighted by Crippen LogP contribution is -2.38. The lowest BCUT2D eigenvalue weighted by atomic mass is 10.1. The van der Waals surface area contributed by atoms with Crippen LogP contribution in [0.25, 0.3) is 0 Å². The molecule has 0 saturated carbocycles. The zero-order valence-corrected chi connectivity index (χ0v) is 12.5. The maximum Gasteiger partial charge on any atom is 0.238 e. The number of aliphatic hydroxyl groups is 1. The van der Waals surface area contributed by atoms with E-state index < -0.39 is 5.60 Å². The van der Waals surface area contributed by atoms with Crippen molar-refractivity contribution < 1.29 is 9.90 Å². The summed E-state index contributed by atoms with van der Waals surface area (Å²) in [5, 5.41) is 9.87. The summed E-state index contributed by atoms with van der Waals surface area (Å²) in [5.41, 5.74) is 3.51. The van der Waals surface area contributed by atoms with Gasteiger partial charge < -0.3 is 5.11 Å². The van der Waals surface area contributed by atoms with Gasteiger partial charge in [0.25, 0.3) is 0 Å². The van der Waals surface area contributed by atoms with Crippen molar-refractivity contribution in [3.05, 3.63) is 35.4 Å². The number of likely N-dealkylation sites (N-methyl/N-ethyl adjacent to an activating group) is 1. The van der Waals surface area contributed by atoms with Gasteiger partial charge in [0.2, 0.25) is 5.91 Å². The van der Waals surface area contributed by atoms with E-state index >= 15 is 0 Å². The number of hydrogen-bond acceptors (Lipinski definition) is 4. The average Bonchev–Trinajstić information content (AvgIpc) is 2.38. The van der Waals surface area contributed by atoms with Crippen LogP contribution in [-0.4, -0.2) is 34.6 Å². The number of carbonyl (C=O) groups excluding carboxylic acids is 1. The molecule has 1 aromatic carbocycles. The van der Waals surface area contributed by atoms with Crippen LogP contribution in [0, 0.1) is 0 Å². The van der Waals surface area contributed by atoms with Crippen LogP contribution in [0.2, 0.25) is 0 Å². The second-order valence-electron chi connectivity index (χ2n) is 5.68. The topological polar surface area (TPSA) is 78.6 Å². The van der Waals surface area contributed by atoms with Crippen LogP contribution in [0.1, 0.15) is 31.9 Å². The fraction of sp³-hybridized carbons (Fsp3) is 0.533. The Hall–Kier alpha value is -1.43. The average molecular weight is 279 g/mol. The van der Waals surface area contributed by atoms with Gasteiger partial charge >= 0.3 is 0 Å². The molecule has 0 saturated heterocycles. The van der Waals surface area contributed by atoms with E-state index in [1.165, 1.54) is 0 Å². The molecule has 4 N–H and O–H groups in total. The van der Waals surface area contributed by atoms with Crippen LogP contribution in [0.5, 0.6) is 0 Å². The summed E-state index contributed by atoms with van der Waals surface area (Å²) in [7, 11) is 0. The highest BCUT2D eigenvalue weighted by molar-refractivity contribution is 5.77. The van der Waals surface area contributed by atoms with Gasteiger partial charge in [-0.2, -0.15) is 0 Å². The smallest absolute Gasteiger partial charge is 0.238 e. The largest absolute Gasteiger partial charge is 0.389 e. The molecule has 112 valence electrons. The predicted octanol–water partition coefficient (Wildman–Crippen LogP) is 0.812. The lowest BCUT2D eigenvalue weighted by Gasteiger charge is -2.28. The number of hydrazine groups is 1. The number of hydrogen-bond donors (Lipinski definition) is 3. The van der Waals surface area contributed by atoms with E-state index in [1.807, 2.05) is 38.1 Å². The molecule has 0 atom stereocenters. The maximum atomic E-state index is 11.2. The van der Waals surface area contributed by atoms with E-state index in [-0.39, 0.29) is 12.3 Å². The molecule has 0 aromatic heterocycles. The fourth-order valence-corrected chi connectivity index (χ4v) is 2.08. The van der Waals surface area contributed by atoms with Gasteiger partial charge in [0.15, 0.2) is 0 Å². The standard InChI is InChI=1S/C15H25N3O2/c1-4-18(11-15(2,3)20)10-13-7-5-12(6-8-13)9-14(19)17-16/h5-8,20H,4,9-11,16H2,1-3H3,(H,17,19). The normalized spacial score (nSPS) is 11.7. The highest BCUT2D eigenvalue weighted by atomic mass is 16.3. The van der Waals surface area contributed by atoms with E-state index in [2.05, 4.69) is 17.2 Å². The third-order valence-corrected chi connectivity index (χ3v) is 3.01. The quantitative estimate of drug-likeness (QED) is 0.392. The van der Waals surface area contributed by atoms with E-state index in [1.54, 1.807) is 0 Å². The van der Waals surface area contributed by atoms with E-state index in [4.69, 9.17) is 5.84 Å². The third kappa shape index (κ3) is 6.14. The summed E-state index contributed by atoms with van der Waals surface area (Å²) in [6.45, 7) is 7.98. The Bertz CT molecular complexity index is 424. The van der Waals surface area contributed by atoms with Gasteiger partial charge in [0, 0.05) is 13.1 Å². The molecule has 5 nitrogen and oxygen atoms in total. The van der Waals surface area contributed by atoms with Gasteiger partial charge in [-0.1, -0.05) is 31.2 Å². The highest BCUT2D eigenvalue weighted by Gasteiger charge is 2.17. The number of nitrogens with zero attached hydrogens (tertiary/aromatic N) is 1. The van der Waals surface area contributed by atoms with E-state index in [0.717, 1.165) is 24.2 Å². The summed E-state index contributed by atoms with van der Waals surface area (Å²) in [6.07, 6.45) is 0.290. The van der Waals surface area contributed by atoms with Crippen molar-refractivity contribution in [1.82, 2.24) is 10.3 Å². The molecular weight excluding hydrogens is 254 g/mol. The Morgan fingerprint density at radius 1 is 1.30 bits per heavy atom. The SMILES string of the molecule is CCN(Cc1ccc(CC(=O)NN)cc1)CC(C)(C)O. The molecule has 20 heavy (non-hydrogen) atoms. The van der Waals surface area contributed by atoms with Crippen LogP contribution >= 0.6 is 0 Å². The van der Waals surface area contributed by atoms with Crippen LogP contribution in [0.3, 0.4) is 0 Å². The molecule has 0 unspecified atom stereocenters. The molecule has 1 amide bonds. The number of rotatable bonds is 7. The predicted molar refractivity (Wildman–Crippen MR) is 79.7 cm³/mol. The van der Waals surface area contributed by atoms with Crippen LogP contribution < -0.4 is 11.3 Å². The Morgan fingerprint density at radius 2 is 1.85 bits per heavy atom. The first-order chi connectivity index (χ1) is 9.34. The summed E-state index contributed by atoms with van der Waals surface area (Å²) in [6, 6.07) is 7.88. The summed E-state index contributed by atoms with van der Waals surface area (Å²) < 4.78 is 0. The van der Waals surface area contributed by atoms with E-state index in [0.29, 0.717) is 6.54 Å². The molecule has 5 heteroatoms. The van der Waals surface area contributed by atoms with Crippen molar-refractivity contribution in [3.8, 4) is 0 Å². The summed E-state index contributed by atoms with van der Waals surface area (Å²) in [5.74, 6) is 4.86.